The fraction of sp³-hybridized carbons (Fsp3) is 0.265. The van der Waals surface area contributed by atoms with Crippen LogP contribution in [0.25, 0.3) is 29.9 Å². The number of nitrogens with zero attached hydrogens (tertiary/aromatic N) is 4. The molecule has 1 unspecified atom stereocenters. The average Bonchev–Trinajstić information content (AvgIpc) is 3.68. The van der Waals surface area contributed by atoms with Gasteiger partial charge in [-0.1, -0.05) is 76.8 Å². The van der Waals surface area contributed by atoms with E-state index in [0.29, 0.717) is 50.5 Å². The maximum Gasteiger partial charge on any atom is 1.00 e. The summed E-state index contributed by atoms with van der Waals surface area (Å²) in [6.07, 6.45) is 7.72. The molecule has 9 nitrogen and oxygen atoms in total. The Kier molecular flexibility index (Phi) is 11.8. The van der Waals surface area contributed by atoms with E-state index in [9.17, 15) is 24.6 Å². The smallest absolute Gasteiger partial charge is 0.657 e. The maximum absolute atomic E-state index is 13.7. The number of aromatic nitrogens is 4. The molecule has 0 fully saturated rings. The van der Waals surface area contributed by atoms with Gasteiger partial charge in [0.1, 0.15) is 0 Å². The Morgan fingerprint density at radius 3 is 2.02 bits per heavy atom. The Morgan fingerprint density at radius 1 is 0.826 bits per heavy atom. The first-order valence-electron chi connectivity index (χ1n) is 14.1. The van der Waals surface area contributed by atoms with Gasteiger partial charge in [-0.15, -0.1) is 44.2 Å². The fourth-order valence-electron chi connectivity index (χ4n) is 6.42. The van der Waals surface area contributed by atoms with Gasteiger partial charge in [0.15, 0.2) is 5.78 Å². The van der Waals surface area contributed by atoms with E-state index >= 15 is 0 Å². The average molecular weight is 682 g/mol. The van der Waals surface area contributed by atoms with Gasteiger partial charge in [-0.05, 0) is 52.5 Å². The van der Waals surface area contributed by atoms with E-state index in [4.69, 9.17) is 19.9 Å². The molecule has 0 N–H and O–H groups in total. The van der Waals surface area contributed by atoms with Gasteiger partial charge < -0.3 is 39.7 Å². The van der Waals surface area contributed by atoms with E-state index in [1.807, 2.05) is 32.9 Å². The van der Waals surface area contributed by atoms with Crippen molar-refractivity contribution in [3.63, 3.8) is 0 Å². The summed E-state index contributed by atoms with van der Waals surface area (Å²) in [7, 11) is 0. The molecule has 6 rings (SSSR count). The number of aliphatic carboxylic acids is 2. The first kappa shape index (κ1) is 37.9. The molecule has 231 valence electrons. The van der Waals surface area contributed by atoms with Gasteiger partial charge in [-0.25, -0.2) is 0 Å². The molecule has 46 heavy (non-hydrogen) atoms. The summed E-state index contributed by atoms with van der Waals surface area (Å²) in [5.41, 5.74) is 7.94. The predicted molar refractivity (Wildman–Crippen MR) is 155 cm³/mol. The van der Waals surface area contributed by atoms with E-state index in [1.165, 1.54) is 0 Å². The summed E-state index contributed by atoms with van der Waals surface area (Å²) in [6.45, 7) is 13.5. The number of hydrogen-bond acceptors (Lipinski definition) is 5. The standard InChI is InChI=1S/C34H33N4O5.Cu.2Na/c1-7-18-14(3)21-11-23-16(5)20(9-10-27(39)40)31(37-23)29-30(34(42)43)33(41)28-17(6)24(38-32(28)29)13-26-19(8-2)15(4)22(36-26)12-25(18)35-21;;;/h7,11-13,30H,1,8-10H2,2-6H3,(H5-,35,36,37,38,39,40,41,42,43);;;/q-1;;2*+1/p-5/b21-11-,22-12?,23-11?,24-13-,25-12-,26-13?,31-29?;;;. The largest absolute Gasteiger partial charge is 1.00 e. The third kappa shape index (κ3) is 5.99. The van der Waals surface area contributed by atoms with Crippen LogP contribution in [-0.4, -0.2) is 17.7 Å². The molecular formula is C34H28CuN4Na2O5-4. The van der Waals surface area contributed by atoms with Crippen LogP contribution in [0.15, 0.2) is 6.58 Å². The van der Waals surface area contributed by atoms with E-state index in [0.717, 1.165) is 27.9 Å². The molecule has 8 bridgehead atoms. The number of fused-ring (bicyclic) bond motifs is 8. The van der Waals surface area contributed by atoms with Gasteiger partial charge in [0.25, 0.3) is 0 Å². The van der Waals surface area contributed by atoms with Gasteiger partial charge >= 0.3 is 59.1 Å². The van der Waals surface area contributed by atoms with Crippen molar-refractivity contribution in [3.05, 3.63) is 95.3 Å². The van der Waals surface area contributed by atoms with Crippen molar-refractivity contribution >= 4 is 47.6 Å². The van der Waals surface area contributed by atoms with Gasteiger partial charge in [0.2, 0.25) is 0 Å². The zero-order valence-electron chi connectivity index (χ0n) is 26.8. The summed E-state index contributed by atoms with van der Waals surface area (Å²) in [5.74, 6) is -5.08. The van der Waals surface area contributed by atoms with Crippen LogP contribution in [0.2, 0.25) is 0 Å². The molecule has 1 atom stereocenters. The third-order valence-corrected chi connectivity index (χ3v) is 8.78. The summed E-state index contributed by atoms with van der Waals surface area (Å²) >= 11 is 0. The topological polar surface area (TPSA) is 154 Å². The first-order valence-corrected chi connectivity index (χ1v) is 14.1. The number of hydrogen-bond donors (Lipinski definition) is 0. The normalized spacial score (nSPS) is 16.5. The minimum Gasteiger partial charge on any atom is -0.657 e. The second-order valence-corrected chi connectivity index (χ2v) is 11.1. The van der Waals surface area contributed by atoms with Crippen LogP contribution in [0.5, 0.6) is 0 Å². The van der Waals surface area contributed by atoms with Crippen molar-refractivity contribution in [2.24, 2.45) is 5.92 Å². The number of ketones is 1. The summed E-state index contributed by atoms with van der Waals surface area (Å²) in [4.78, 5) is 57.1. The zero-order valence-corrected chi connectivity index (χ0v) is 31.8. The molecule has 4 aromatic rings. The summed E-state index contributed by atoms with van der Waals surface area (Å²) in [6, 6.07) is 0. The molecule has 1 aliphatic carbocycles. The SMILES string of the molecule is C=Cc1c(C)/c2[n-]/c1=C\c1[n-]c(c(CC)c1C)/C=c1\[n-]c3c(c1C)C(=O)C(C(=O)[O-])C=3c1[n-]c(c(C)c1CCC(=O)[O-])\C=2.[Cu].[Na+].[Na+]. The van der Waals surface area contributed by atoms with Crippen LogP contribution in [0.1, 0.15) is 85.4 Å². The molecule has 0 saturated heterocycles. The van der Waals surface area contributed by atoms with E-state index in [-0.39, 0.29) is 111 Å². The fourth-order valence-corrected chi connectivity index (χ4v) is 6.42. The second kappa shape index (κ2) is 14.3. The molecule has 0 saturated carbocycles. The van der Waals surface area contributed by atoms with Crippen molar-refractivity contribution in [2.45, 2.75) is 53.9 Å². The van der Waals surface area contributed by atoms with Crippen molar-refractivity contribution in [1.82, 2.24) is 19.9 Å². The minimum atomic E-state index is -1.63. The van der Waals surface area contributed by atoms with Crippen molar-refractivity contribution in [3.8, 4) is 0 Å². The Hall–Kier alpha value is -2.53. The third-order valence-electron chi connectivity index (χ3n) is 8.78. The van der Waals surface area contributed by atoms with E-state index < -0.39 is 23.6 Å². The zero-order chi connectivity index (χ0) is 30.9. The molecule has 1 aliphatic heterocycles. The molecule has 2 aliphatic rings. The second-order valence-electron chi connectivity index (χ2n) is 11.1. The number of carboxylic acids is 2. The molecule has 12 heteroatoms. The monoisotopic (exact) mass is 681 g/mol. The molecular weight excluding hydrogens is 654 g/mol. The van der Waals surface area contributed by atoms with Gasteiger partial charge in [-0.2, -0.15) is 0 Å². The van der Waals surface area contributed by atoms with Crippen LogP contribution in [0, 0.1) is 33.6 Å². The van der Waals surface area contributed by atoms with E-state index in [2.05, 4.69) is 6.58 Å². The number of carbonyl (C=O) groups is 3. The Labute approximate surface area is 320 Å². The van der Waals surface area contributed by atoms with Gasteiger partial charge in [0.05, 0.1) is 11.9 Å². The summed E-state index contributed by atoms with van der Waals surface area (Å²) in [5, 5.41) is 26.0. The van der Waals surface area contributed by atoms with Gasteiger partial charge in [0, 0.05) is 28.6 Å². The quantitative estimate of drug-likeness (QED) is 0.143. The number of carboxylic acid groups (broad SMARTS) is 2. The first-order chi connectivity index (χ1) is 20.5. The van der Waals surface area contributed by atoms with Crippen LogP contribution < -0.4 is 111 Å². The van der Waals surface area contributed by atoms with Crippen molar-refractivity contribution < 1.29 is 101 Å². The number of rotatable bonds is 6. The molecule has 0 spiro atoms. The van der Waals surface area contributed by atoms with Crippen LogP contribution >= 0.6 is 0 Å². The van der Waals surface area contributed by atoms with Crippen molar-refractivity contribution in [2.75, 3.05) is 0 Å². The predicted octanol–water partition coefficient (Wildman–Crippen LogP) is -7.80. The Balaban J connectivity index is 0.00000192. The molecule has 5 heterocycles. The maximum atomic E-state index is 13.7. The number of Topliss-reactive ketones (excluding diaryl/α,β-unsaturated/α-hetero) is 1. The van der Waals surface area contributed by atoms with Crippen LogP contribution in [-0.2, 0) is 39.5 Å². The molecule has 4 aromatic heterocycles. The number of carbonyl (C=O) groups excluding carboxylic acids is 3. The van der Waals surface area contributed by atoms with Crippen LogP contribution in [0.4, 0.5) is 0 Å². The Bertz CT molecular complexity index is 2180. The van der Waals surface area contributed by atoms with E-state index in [1.54, 1.807) is 26.0 Å². The van der Waals surface area contributed by atoms with Crippen molar-refractivity contribution in [1.29, 1.82) is 0 Å². The van der Waals surface area contributed by atoms with Gasteiger partial charge in [-0.3, -0.25) is 4.79 Å². The molecule has 0 aromatic carbocycles. The molecule has 0 amide bonds. The Morgan fingerprint density at radius 2 is 1.41 bits per heavy atom. The van der Waals surface area contributed by atoms with Crippen LogP contribution in [0.3, 0.4) is 0 Å². The molecule has 1 radical (unpaired) electrons. The minimum absolute atomic E-state index is 0. The summed E-state index contributed by atoms with van der Waals surface area (Å²) < 4.78 is 0.